The monoisotopic (exact) mass is 379 g/mol. The zero-order valence-electron chi connectivity index (χ0n) is 16.7. The maximum absolute atomic E-state index is 12.9. The summed E-state index contributed by atoms with van der Waals surface area (Å²) in [5.41, 5.74) is 2.50. The summed E-state index contributed by atoms with van der Waals surface area (Å²) in [7, 11) is 0. The van der Waals surface area contributed by atoms with E-state index in [0.29, 0.717) is 19.6 Å². The zero-order chi connectivity index (χ0) is 19.4. The molecular formula is C24H29NO3. The van der Waals surface area contributed by atoms with E-state index in [1.165, 1.54) is 5.56 Å². The molecule has 2 heterocycles. The first-order valence-electron chi connectivity index (χ1n) is 10.4. The van der Waals surface area contributed by atoms with E-state index in [2.05, 4.69) is 36.1 Å². The Morgan fingerprint density at radius 2 is 1.82 bits per heavy atom. The van der Waals surface area contributed by atoms with E-state index in [-0.39, 0.29) is 11.3 Å². The minimum absolute atomic E-state index is 0.0461. The molecule has 2 aromatic rings. The molecule has 148 valence electrons. The van der Waals surface area contributed by atoms with Crippen LogP contribution in [0.3, 0.4) is 0 Å². The maximum Gasteiger partial charge on any atom is 0.222 e. The van der Waals surface area contributed by atoms with Gasteiger partial charge in [0.05, 0.1) is 13.2 Å². The molecule has 2 aliphatic rings. The lowest BCUT2D eigenvalue weighted by Gasteiger charge is -2.41. The summed E-state index contributed by atoms with van der Waals surface area (Å²) < 4.78 is 11.5. The van der Waals surface area contributed by atoms with Gasteiger partial charge in [-0.2, -0.15) is 0 Å². The maximum atomic E-state index is 12.9. The Kier molecular flexibility index (Phi) is 5.56. The molecule has 4 nitrogen and oxygen atoms in total. The van der Waals surface area contributed by atoms with Crippen molar-refractivity contribution < 1.29 is 14.3 Å². The highest BCUT2D eigenvalue weighted by molar-refractivity contribution is 5.76. The van der Waals surface area contributed by atoms with Gasteiger partial charge in [0, 0.05) is 31.3 Å². The van der Waals surface area contributed by atoms with Crippen molar-refractivity contribution >= 4 is 5.91 Å². The predicted octanol–water partition coefficient (Wildman–Crippen LogP) is 4.36. The van der Waals surface area contributed by atoms with E-state index in [9.17, 15) is 4.79 Å². The number of carbonyl (C=O) groups is 1. The molecule has 2 aromatic carbocycles. The zero-order valence-corrected chi connectivity index (χ0v) is 16.7. The van der Waals surface area contributed by atoms with Gasteiger partial charge in [-0.05, 0) is 42.5 Å². The molecule has 0 spiro atoms. The molecule has 0 bridgehead atoms. The summed E-state index contributed by atoms with van der Waals surface area (Å²) in [5.74, 6) is 1.85. The number of carbonyl (C=O) groups excluding carboxylic acids is 1. The van der Waals surface area contributed by atoms with Crippen LogP contribution in [0.1, 0.15) is 43.7 Å². The number of benzene rings is 2. The lowest BCUT2D eigenvalue weighted by atomic mass is 9.76. The number of hydrogen-bond donors (Lipinski definition) is 0. The first kappa shape index (κ1) is 18.9. The quantitative estimate of drug-likeness (QED) is 0.792. The van der Waals surface area contributed by atoms with Crippen LogP contribution in [0.25, 0.3) is 0 Å². The summed E-state index contributed by atoms with van der Waals surface area (Å²) in [6.07, 6.45) is 4.35. The van der Waals surface area contributed by atoms with Crippen molar-refractivity contribution in [2.24, 2.45) is 0 Å². The molecule has 0 N–H and O–H groups in total. The number of piperidine rings is 1. The van der Waals surface area contributed by atoms with Gasteiger partial charge in [0.2, 0.25) is 5.91 Å². The highest BCUT2D eigenvalue weighted by Gasteiger charge is 2.34. The Hall–Kier alpha value is -2.49. The summed E-state index contributed by atoms with van der Waals surface area (Å²) >= 11 is 0. The van der Waals surface area contributed by atoms with Gasteiger partial charge in [0.25, 0.3) is 0 Å². The van der Waals surface area contributed by atoms with Gasteiger partial charge in [-0.15, -0.1) is 0 Å². The fourth-order valence-corrected chi connectivity index (χ4v) is 4.30. The Morgan fingerprint density at radius 1 is 1.04 bits per heavy atom. The molecular weight excluding hydrogens is 350 g/mol. The molecule has 0 aliphatic carbocycles. The van der Waals surface area contributed by atoms with Crippen LogP contribution in [0.5, 0.6) is 11.5 Å². The van der Waals surface area contributed by atoms with Crippen LogP contribution in [0.15, 0.2) is 48.5 Å². The fraction of sp³-hybridized carbons (Fsp3) is 0.458. The van der Waals surface area contributed by atoms with Crippen molar-refractivity contribution in [3.8, 4) is 11.5 Å². The SMILES string of the molecule is CC1(c2ccccc2)CCCN(C(=O)CCc2ccc3c(c2)OCCCO3)C1. The average molecular weight is 380 g/mol. The fourth-order valence-electron chi connectivity index (χ4n) is 4.30. The third-order valence-electron chi connectivity index (χ3n) is 5.96. The standard InChI is InChI=1S/C24H29NO3/c1-24(20-7-3-2-4-8-20)13-5-14-25(18-24)23(26)12-10-19-9-11-21-22(17-19)28-16-6-15-27-21/h2-4,7-9,11,17H,5-6,10,12-16,18H2,1H3. The van der Waals surface area contributed by atoms with Gasteiger partial charge in [-0.1, -0.05) is 43.3 Å². The van der Waals surface area contributed by atoms with E-state index < -0.39 is 0 Å². The third-order valence-corrected chi connectivity index (χ3v) is 5.96. The molecule has 0 radical (unpaired) electrons. The summed E-state index contributed by atoms with van der Waals surface area (Å²) in [4.78, 5) is 15.0. The van der Waals surface area contributed by atoms with E-state index in [0.717, 1.165) is 55.8 Å². The number of amides is 1. The first-order chi connectivity index (χ1) is 13.6. The van der Waals surface area contributed by atoms with E-state index in [1.807, 2.05) is 24.3 Å². The van der Waals surface area contributed by atoms with Gasteiger partial charge in [0.15, 0.2) is 11.5 Å². The van der Waals surface area contributed by atoms with Crippen LogP contribution in [0.4, 0.5) is 0 Å². The molecule has 1 fully saturated rings. The number of likely N-dealkylation sites (tertiary alicyclic amines) is 1. The van der Waals surface area contributed by atoms with Gasteiger partial charge < -0.3 is 14.4 Å². The topological polar surface area (TPSA) is 38.8 Å². The van der Waals surface area contributed by atoms with Crippen molar-refractivity contribution in [3.63, 3.8) is 0 Å². The minimum atomic E-state index is 0.0461. The summed E-state index contributed by atoms with van der Waals surface area (Å²) in [5, 5.41) is 0. The Morgan fingerprint density at radius 3 is 2.64 bits per heavy atom. The molecule has 1 atom stereocenters. The lowest BCUT2D eigenvalue weighted by molar-refractivity contribution is -0.133. The number of nitrogens with zero attached hydrogens (tertiary/aromatic N) is 1. The Bertz CT molecular complexity index is 820. The van der Waals surface area contributed by atoms with Crippen LogP contribution in [-0.2, 0) is 16.6 Å². The first-order valence-corrected chi connectivity index (χ1v) is 10.4. The van der Waals surface area contributed by atoms with Gasteiger partial charge in [-0.3, -0.25) is 4.79 Å². The van der Waals surface area contributed by atoms with Crippen LogP contribution in [-0.4, -0.2) is 37.1 Å². The molecule has 28 heavy (non-hydrogen) atoms. The van der Waals surface area contributed by atoms with E-state index in [4.69, 9.17) is 9.47 Å². The van der Waals surface area contributed by atoms with Crippen molar-refractivity contribution in [1.82, 2.24) is 4.90 Å². The molecule has 1 unspecified atom stereocenters. The third kappa shape index (κ3) is 4.16. The van der Waals surface area contributed by atoms with Gasteiger partial charge in [-0.25, -0.2) is 0 Å². The highest BCUT2D eigenvalue weighted by Crippen LogP contribution is 2.34. The smallest absolute Gasteiger partial charge is 0.222 e. The number of aryl methyl sites for hydroxylation is 1. The van der Waals surface area contributed by atoms with Crippen molar-refractivity contribution in [2.75, 3.05) is 26.3 Å². The number of ether oxygens (including phenoxy) is 2. The second-order valence-corrected chi connectivity index (χ2v) is 8.18. The highest BCUT2D eigenvalue weighted by atomic mass is 16.5. The molecule has 4 heteroatoms. The summed E-state index contributed by atoms with van der Waals surface area (Å²) in [6.45, 7) is 5.33. The molecule has 1 saturated heterocycles. The predicted molar refractivity (Wildman–Crippen MR) is 110 cm³/mol. The average Bonchev–Trinajstić information content (AvgIpc) is 2.97. The lowest BCUT2D eigenvalue weighted by Crippen LogP contribution is -2.47. The molecule has 4 rings (SSSR count). The van der Waals surface area contributed by atoms with Gasteiger partial charge >= 0.3 is 0 Å². The van der Waals surface area contributed by atoms with Crippen LogP contribution < -0.4 is 9.47 Å². The van der Waals surface area contributed by atoms with Crippen molar-refractivity contribution in [1.29, 1.82) is 0 Å². The molecule has 0 aromatic heterocycles. The normalized spacial score (nSPS) is 21.8. The minimum Gasteiger partial charge on any atom is -0.490 e. The molecule has 1 amide bonds. The van der Waals surface area contributed by atoms with Crippen molar-refractivity contribution in [3.05, 3.63) is 59.7 Å². The second kappa shape index (κ2) is 8.26. The largest absolute Gasteiger partial charge is 0.490 e. The van der Waals surface area contributed by atoms with Crippen LogP contribution in [0, 0.1) is 0 Å². The summed E-state index contributed by atoms with van der Waals surface area (Å²) in [6, 6.07) is 16.6. The van der Waals surface area contributed by atoms with Crippen LogP contribution in [0.2, 0.25) is 0 Å². The molecule has 2 aliphatic heterocycles. The van der Waals surface area contributed by atoms with Crippen LogP contribution >= 0.6 is 0 Å². The van der Waals surface area contributed by atoms with E-state index >= 15 is 0 Å². The van der Waals surface area contributed by atoms with E-state index in [1.54, 1.807) is 0 Å². The van der Waals surface area contributed by atoms with Gasteiger partial charge in [0.1, 0.15) is 0 Å². The number of rotatable bonds is 4. The number of fused-ring (bicyclic) bond motifs is 1. The molecule has 0 saturated carbocycles. The number of hydrogen-bond acceptors (Lipinski definition) is 3. The van der Waals surface area contributed by atoms with Crippen molar-refractivity contribution in [2.45, 2.75) is 44.4 Å². The second-order valence-electron chi connectivity index (χ2n) is 8.18. The Labute approximate surface area is 167 Å². The Balaban J connectivity index is 1.38.